The molecule has 1 aromatic heterocycles. The minimum atomic E-state index is -0.193. The zero-order valence-corrected chi connectivity index (χ0v) is 18.2. The third-order valence-corrected chi connectivity index (χ3v) is 5.93. The molecule has 0 saturated carbocycles. The molecule has 0 N–H and O–H groups in total. The van der Waals surface area contributed by atoms with Crippen molar-refractivity contribution in [2.45, 2.75) is 45.0 Å². The normalized spacial score (nSPS) is 13.2. The van der Waals surface area contributed by atoms with Crippen molar-refractivity contribution in [2.75, 3.05) is 13.2 Å². The fraction of sp³-hybridized carbons (Fsp3) is 0.375. The molecule has 3 aromatic rings. The molecule has 0 amide bonds. The molecular formula is C24H29NO3S. The molecule has 1 heterocycles. The molecule has 2 aromatic carbocycles. The van der Waals surface area contributed by atoms with E-state index in [1.807, 2.05) is 56.3 Å². The van der Waals surface area contributed by atoms with E-state index in [1.165, 1.54) is 5.56 Å². The van der Waals surface area contributed by atoms with Crippen LogP contribution in [0.3, 0.4) is 0 Å². The van der Waals surface area contributed by atoms with Crippen LogP contribution in [0.1, 0.15) is 43.7 Å². The van der Waals surface area contributed by atoms with Gasteiger partial charge in [-0.25, -0.2) is 4.98 Å². The van der Waals surface area contributed by atoms with Gasteiger partial charge < -0.3 is 13.9 Å². The maximum atomic E-state index is 5.95. The predicted molar refractivity (Wildman–Crippen MR) is 120 cm³/mol. The lowest BCUT2D eigenvalue weighted by atomic mass is 9.92. The summed E-state index contributed by atoms with van der Waals surface area (Å²) in [5.41, 5.74) is 2.95. The van der Waals surface area contributed by atoms with E-state index in [0.717, 1.165) is 42.2 Å². The van der Waals surface area contributed by atoms with E-state index in [1.54, 1.807) is 0 Å². The van der Waals surface area contributed by atoms with Crippen molar-refractivity contribution in [1.82, 2.24) is 4.98 Å². The fourth-order valence-electron chi connectivity index (χ4n) is 3.19. The van der Waals surface area contributed by atoms with Crippen LogP contribution in [0.4, 0.5) is 0 Å². The highest BCUT2D eigenvalue weighted by atomic mass is 32.1. The molecule has 29 heavy (non-hydrogen) atoms. The lowest BCUT2D eigenvalue weighted by molar-refractivity contribution is 0.136. The van der Waals surface area contributed by atoms with Crippen molar-refractivity contribution in [1.29, 1.82) is 0 Å². The Morgan fingerprint density at radius 3 is 2.41 bits per heavy atom. The van der Waals surface area contributed by atoms with E-state index in [9.17, 15) is 0 Å². The van der Waals surface area contributed by atoms with Crippen molar-refractivity contribution >= 4 is 12.6 Å². The smallest absolute Gasteiger partial charge is 0.226 e. The summed E-state index contributed by atoms with van der Waals surface area (Å²) in [5.74, 6) is 2.19. The summed E-state index contributed by atoms with van der Waals surface area (Å²) >= 11 is 4.93. The Balaban J connectivity index is 1.64. The van der Waals surface area contributed by atoms with Gasteiger partial charge in [0.2, 0.25) is 5.89 Å². The highest BCUT2D eigenvalue weighted by Gasteiger charge is 2.25. The molecule has 3 rings (SSSR count). The lowest BCUT2D eigenvalue weighted by Gasteiger charge is -2.28. The van der Waals surface area contributed by atoms with Gasteiger partial charge in [-0.15, -0.1) is 0 Å². The van der Waals surface area contributed by atoms with Crippen LogP contribution < -0.4 is 4.74 Å². The molecule has 0 saturated heterocycles. The number of aromatic nitrogens is 1. The molecule has 5 heteroatoms. The standard InChI is InChI=1S/C24H29NO3S/c1-4-24(29,15-16-26-5-2)20-11-13-21(14-12-20)27-17-22-18(3)28-23(25-22)19-9-7-6-8-10-19/h6-14,29H,4-5,15-17H2,1-3H3. The molecule has 0 spiro atoms. The van der Waals surface area contributed by atoms with Crippen LogP contribution in [-0.4, -0.2) is 18.2 Å². The van der Waals surface area contributed by atoms with Gasteiger partial charge in [0.25, 0.3) is 0 Å². The summed E-state index contributed by atoms with van der Waals surface area (Å²) < 4.78 is 17.1. The Kier molecular flexibility index (Phi) is 7.40. The molecule has 0 aliphatic rings. The van der Waals surface area contributed by atoms with Gasteiger partial charge in [0.05, 0.1) is 0 Å². The second kappa shape index (κ2) is 9.99. The zero-order valence-electron chi connectivity index (χ0n) is 17.4. The molecular weight excluding hydrogens is 382 g/mol. The Bertz CT molecular complexity index is 892. The van der Waals surface area contributed by atoms with E-state index in [0.29, 0.717) is 19.1 Å². The topological polar surface area (TPSA) is 44.5 Å². The third-order valence-electron chi connectivity index (χ3n) is 5.13. The predicted octanol–water partition coefficient (Wildman–Crippen LogP) is 6.19. The van der Waals surface area contributed by atoms with Crippen LogP contribution in [0.25, 0.3) is 11.5 Å². The summed E-state index contributed by atoms with van der Waals surface area (Å²) in [4.78, 5) is 4.59. The molecule has 0 bridgehead atoms. The van der Waals surface area contributed by atoms with Crippen LogP contribution in [0, 0.1) is 6.92 Å². The number of ether oxygens (including phenoxy) is 2. The van der Waals surface area contributed by atoms with Gasteiger partial charge in [-0.2, -0.15) is 12.6 Å². The molecule has 1 unspecified atom stereocenters. The van der Waals surface area contributed by atoms with Gasteiger partial charge in [0, 0.05) is 23.5 Å². The zero-order chi connectivity index (χ0) is 20.7. The quantitative estimate of drug-likeness (QED) is 0.319. The summed E-state index contributed by atoms with van der Waals surface area (Å²) in [7, 11) is 0. The van der Waals surface area contributed by atoms with Crippen LogP contribution in [-0.2, 0) is 16.1 Å². The SMILES string of the molecule is CCOCCC(S)(CC)c1ccc(OCc2nc(-c3ccccc3)oc2C)cc1. The van der Waals surface area contributed by atoms with Crippen molar-refractivity contribution in [3.8, 4) is 17.2 Å². The van der Waals surface area contributed by atoms with Gasteiger partial charge in [0.1, 0.15) is 23.8 Å². The number of benzene rings is 2. The third kappa shape index (κ3) is 5.43. The van der Waals surface area contributed by atoms with Crippen LogP contribution >= 0.6 is 12.6 Å². The van der Waals surface area contributed by atoms with Crippen LogP contribution in [0.2, 0.25) is 0 Å². The summed E-state index contributed by atoms with van der Waals surface area (Å²) in [6, 6.07) is 18.0. The second-order valence-electron chi connectivity index (χ2n) is 7.03. The average molecular weight is 412 g/mol. The van der Waals surface area contributed by atoms with E-state index >= 15 is 0 Å². The maximum Gasteiger partial charge on any atom is 0.226 e. The Labute approximate surface area is 178 Å². The van der Waals surface area contributed by atoms with Crippen LogP contribution in [0.15, 0.2) is 59.0 Å². The largest absolute Gasteiger partial charge is 0.487 e. The first-order chi connectivity index (χ1) is 14.1. The molecule has 154 valence electrons. The van der Waals surface area contributed by atoms with Gasteiger partial charge >= 0.3 is 0 Å². The number of hydrogen-bond donors (Lipinski definition) is 1. The van der Waals surface area contributed by atoms with Crippen molar-refractivity contribution < 1.29 is 13.9 Å². The number of thiol groups is 1. The van der Waals surface area contributed by atoms with Crippen LogP contribution in [0.5, 0.6) is 5.75 Å². The Morgan fingerprint density at radius 1 is 1.03 bits per heavy atom. The van der Waals surface area contributed by atoms with Crippen molar-refractivity contribution in [2.24, 2.45) is 0 Å². The maximum absolute atomic E-state index is 5.95. The summed E-state index contributed by atoms with van der Waals surface area (Å²) in [5, 5.41) is 0. The first kappa shape index (κ1) is 21.5. The van der Waals surface area contributed by atoms with Gasteiger partial charge in [-0.1, -0.05) is 37.3 Å². The average Bonchev–Trinajstić information content (AvgIpc) is 3.14. The number of aryl methyl sites for hydroxylation is 1. The molecule has 1 atom stereocenters. The second-order valence-corrected chi connectivity index (χ2v) is 7.89. The highest BCUT2D eigenvalue weighted by molar-refractivity contribution is 7.81. The number of nitrogens with zero attached hydrogens (tertiary/aromatic N) is 1. The van der Waals surface area contributed by atoms with Crippen molar-refractivity contribution in [3.05, 3.63) is 71.6 Å². The first-order valence-corrected chi connectivity index (χ1v) is 10.6. The monoisotopic (exact) mass is 411 g/mol. The van der Waals surface area contributed by atoms with E-state index in [2.05, 4.69) is 24.0 Å². The minimum absolute atomic E-state index is 0.193. The first-order valence-electron chi connectivity index (χ1n) is 10.1. The fourth-order valence-corrected chi connectivity index (χ4v) is 3.43. The summed E-state index contributed by atoms with van der Waals surface area (Å²) in [6.07, 6.45) is 1.81. The number of oxazole rings is 1. The van der Waals surface area contributed by atoms with Crippen molar-refractivity contribution in [3.63, 3.8) is 0 Å². The Morgan fingerprint density at radius 2 is 1.76 bits per heavy atom. The van der Waals surface area contributed by atoms with Gasteiger partial charge in [-0.05, 0) is 56.5 Å². The molecule has 0 aliphatic carbocycles. The van der Waals surface area contributed by atoms with E-state index in [4.69, 9.17) is 26.5 Å². The molecule has 0 fully saturated rings. The van der Waals surface area contributed by atoms with Gasteiger partial charge in [-0.3, -0.25) is 0 Å². The minimum Gasteiger partial charge on any atom is -0.487 e. The van der Waals surface area contributed by atoms with Gasteiger partial charge in [0.15, 0.2) is 0 Å². The highest BCUT2D eigenvalue weighted by Crippen LogP contribution is 2.36. The molecule has 4 nitrogen and oxygen atoms in total. The van der Waals surface area contributed by atoms with E-state index < -0.39 is 0 Å². The summed E-state index contributed by atoms with van der Waals surface area (Å²) in [6.45, 7) is 7.88. The van der Waals surface area contributed by atoms with E-state index in [-0.39, 0.29) is 4.75 Å². The number of rotatable bonds is 10. The lowest BCUT2D eigenvalue weighted by Crippen LogP contribution is -2.20. The number of hydrogen-bond acceptors (Lipinski definition) is 5. The molecule has 0 aliphatic heterocycles. The molecule has 0 radical (unpaired) electrons. The Hall–Kier alpha value is -2.24.